The molecule has 1 aliphatic rings. The molecule has 0 fully saturated rings. The van der Waals surface area contributed by atoms with Gasteiger partial charge < -0.3 is 11.1 Å². The Labute approximate surface area is 203 Å². The van der Waals surface area contributed by atoms with E-state index in [4.69, 9.17) is 10.7 Å². The molecule has 35 heavy (non-hydrogen) atoms. The highest BCUT2D eigenvalue weighted by molar-refractivity contribution is 5.88. The van der Waals surface area contributed by atoms with Crippen LogP contribution < -0.4 is 11.1 Å². The first kappa shape index (κ1) is 25.7. The number of aryl methyl sites for hydroxylation is 1. The number of nitrogens with zero attached hydrogens (tertiary/aromatic N) is 5. The van der Waals surface area contributed by atoms with E-state index >= 15 is 0 Å². The number of benzene rings is 1. The molecular weight excluding hydrogens is 448 g/mol. The molecule has 4 heterocycles. The first-order chi connectivity index (χ1) is 16.9. The molecule has 1 aliphatic heterocycles. The molecule has 184 valence electrons. The van der Waals surface area contributed by atoms with Crippen LogP contribution in [0.3, 0.4) is 0 Å². The van der Waals surface area contributed by atoms with Gasteiger partial charge in [-0.05, 0) is 49.8 Å². The number of halogens is 2. The Morgan fingerprint density at radius 3 is 2.54 bits per heavy atom. The minimum Gasteiger partial charge on any atom is -0.384 e. The van der Waals surface area contributed by atoms with E-state index in [1.807, 2.05) is 47.6 Å². The first-order valence-corrected chi connectivity index (χ1v) is 11.8. The molecule has 3 N–H and O–H groups in total. The lowest BCUT2D eigenvalue weighted by Crippen LogP contribution is -2.18. The molecule has 5 rings (SSSR count). The van der Waals surface area contributed by atoms with Gasteiger partial charge in [0, 0.05) is 23.7 Å². The van der Waals surface area contributed by atoms with Crippen LogP contribution in [0.4, 0.5) is 14.6 Å². The van der Waals surface area contributed by atoms with Crippen LogP contribution in [0.1, 0.15) is 57.6 Å². The van der Waals surface area contributed by atoms with Crippen LogP contribution in [0.25, 0.3) is 27.5 Å². The standard InChI is InChI=1S/C22H19F2N7.2C2H6/c1-11-19-21(25)27-10-28-22(19)31(30-11)12(2)20-17(14-6-16(24)9-26-8-14)7-13-5-15(23)3-4-18(13)29-20;2*1-2/h3-7,9-10,12,26H,8H2,1-2H3,(H2,25,27,28);2*1-2H3. The van der Waals surface area contributed by atoms with E-state index in [1.54, 1.807) is 10.7 Å². The van der Waals surface area contributed by atoms with Gasteiger partial charge in [-0.1, -0.05) is 27.7 Å². The molecular formula is C26H31F2N7. The molecule has 9 heteroatoms. The number of pyridine rings is 1. The summed E-state index contributed by atoms with van der Waals surface area (Å²) in [6.45, 7) is 12.2. The zero-order valence-electron chi connectivity index (χ0n) is 20.9. The lowest BCUT2D eigenvalue weighted by atomic mass is 9.96. The zero-order chi connectivity index (χ0) is 25.7. The van der Waals surface area contributed by atoms with Gasteiger partial charge in [-0.25, -0.2) is 28.4 Å². The maximum Gasteiger partial charge on any atom is 0.164 e. The first-order valence-electron chi connectivity index (χ1n) is 11.8. The molecule has 0 spiro atoms. The number of nitrogens with two attached hydrogens (primary N) is 1. The third-order valence-corrected chi connectivity index (χ3v) is 5.45. The summed E-state index contributed by atoms with van der Waals surface area (Å²) < 4.78 is 29.6. The molecule has 0 saturated heterocycles. The minimum absolute atomic E-state index is 0.356. The smallest absolute Gasteiger partial charge is 0.164 e. The van der Waals surface area contributed by atoms with Crippen molar-refractivity contribution in [3.8, 4) is 0 Å². The van der Waals surface area contributed by atoms with Crippen LogP contribution in [-0.4, -0.2) is 31.3 Å². The third-order valence-electron chi connectivity index (χ3n) is 5.45. The van der Waals surface area contributed by atoms with Crippen molar-refractivity contribution in [2.75, 3.05) is 12.3 Å². The lowest BCUT2D eigenvalue weighted by Gasteiger charge is -2.21. The molecule has 4 aromatic rings. The van der Waals surface area contributed by atoms with Crippen LogP contribution in [0.15, 0.2) is 48.7 Å². The van der Waals surface area contributed by atoms with Crippen molar-refractivity contribution >= 4 is 33.3 Å². The lowest BCUT2D eigenvalue weighted by molar-refractivity contribution is 0.561. The number of dihydropyridines is 1. The van der Waals surface area contributed by atoms with Gasteiger partial charge in [0.1, 0.15) is 23.8 Å². The number of nitrogen functional groups attached to an aromatic ring is 1. The number of fused-ring (bicyclic) bond motifs is 2. The minimum atomic E-state index is -0.389. The van der Waals surface area contributed by atoms with Crippen molar-refractivity contribution in [3.63, 3.8) is 0 Å². The Kier molecular flexibility index (Phi) is 8.11. The van der Waals surface area contributed by atoms with Crippen LogP contribution in [-0.2, 0) is 0 Å². The molecule has 1 aromatic carbocycles. The summed E-state index contributed by atoms with van der Waals surface area (Å²) >= 11 is 0. The highest BCUT2D eigenvalue weighted by atomic mass is 19.1. The van der Waals surface area contributed by atoms with Gasteiger partial charge in [0.05, 0.1) is 28.3 Å². The molecule has 0 saturated carbocycles. The Hall–Kier alpha value is -3.88. The Morgan fingerprint density at radius 1 is 1.09 bits per heavy atom. The molecule has 3 aromatic heterocycles. The second-order valence-corrected chi connectivity index (χ2v) is 7.50. The summed E-state index contributed by atoms with van der Waals surface area (Å²) in [6.07, 6.45) is 4.17. The van der Waals surface area contributed by atoms with Gasteiger partial charge in [-0.15, -0.1) is 0 Å². The number of aromatic nitrogens is 5. The maximum absolute atomic E-state index is 14.0. The van der Waals surface area contributed by atoms with E-state index in [1.165, 1.54) is 30.7 Å². The summed E-state index contributed by atoms with van der Waals surface area (Å²) in [7, 11) is 0. The van der Waals surface area contributed by atoms with Gasteiger partial charge in [-0.2, -0.15) is 5.10 Å². The van der Waals surface area contributed by atoms with Crippen LogP contribution in [0, 0.1) is 12.7 Å². The zero-order valence-corrected chi connectivity index (χ0v) is 20.9. The number of allylic oxidation sites excluding steroid dienone is 2. The maximum atomic E-state index is 14.0. The molecule has 0 radical (unpaired) electrons. The van der Waals surface area contributed by atoms with Crippen LogP contribution in [0.5, 0.6) is 0 Å². The molecule has 0 aliphatic carbocycles. The molecule has 1 atom stereocenters. The average molecular weight is 480 g/mol. The third kappa shape index (κ3) is 4.99. The van der Waals surface area contributed by atoms with Crippen LogP contribution in [0.2, 0.25) is 0 Å². The van der Waals surface area contributed by atoms with Crippen molar-refractivity contribution in [2.45, 2.75) is 47.6 Å². The number of nitrogens with one attached hydrogen (secondary N) is 1. The Bertz CT molecular complexity index is 1410. The number of hydrogen-bond donors (Lipinski definition) is 2. The quantitative estimate of drug-likeness (QED) is 0.382. The van der Waals surface area contributed by atoms with Crippen molar-refractivity contribution < 1.29 is 8.78 Å². The fourth-order valence-electron chi connectivity index (χ4n) is 3.98. The average Bonchev–Trinajstić information content (AvgIpc) is 3.22. The van der Waals surface area contributed by atoms with E-state index in [-0.39, 0.29) is 17.7 Å². The summed E-state index contributed by atoms with van der Waals surface area (Å²) in [5, 5.41) is 8.88. The van der Waals surface area contributed by atoms with Gasteiger partial charge >= 0.3 is 0 Å². The van der Waals surface area contributed by atoms with Crippen molar-refractivity contribution in [2.24, 2.45) is 0 Å². The van der Waals surface area contributed by atoms with Gasteiger partial charge in [0.15, 0.2) is 5.65 Å². The number of hydrogen-bond acceptors (Lipinski definition) is 6. The second kappa shape index (κ2) is 11.0. The Balaban J connectivity index is 0.000000815. The summed E-state index contributed by atoms with van der Waals surface area (Å²) in [5.41, 5.74) is 10.1. The SMILES string of the molecule is CC.CC.Cc1nn(C(C)c2nc3ccc(F)cc3cc2C2=CC(F)=CNC2)c2ncnc(N)c12. The fourth-order valence-corrected chi connectivity index (χ4v) is 3.98. The number of anilines is 1. The van der Waals surface area contributed by atoms with Crippen LogP contribution >= 0.6 is 0 Å². The topological polar surface area (TPSA) is 94.5 Å². The highest BCUT2D eigenvalue weighted by Gasteiger charge is 2.23. The second-order valence-electron chi connectivity index (χ2n) is 7.50. The normalized spacial score (nSPS) is 13.6. The summed E-state index contributed by atoms with van der Waals surface area (Å²) in [6, 6.07) is 5.90. The van der Waals surface area contributed by atoms with E-state index in [2.05, 4.69) is 20.4 Å². The molecule has 7 nitrogen and oxygen atoms in total. The van der Waals surface area contributed by atoms with E-state index < -0.39 is 0 Å². The summed E-state index contributed by atoms with van der Waals surface area (Å²) in [5.74, 6) is -0.390. The van der Waals surface area contributed by atoms with Gasteiger partial charge in [0.2, 0.25) is 0 Å². The van der Waals surface area contributed by atoms with Gasteiger partial charge in [-0.3, -0.25) is 0 Å². The highest BCUT2D eigenvalue weighted by Crippen LogP contribution is 2.33. The van der Waals surface area contributed by atoms with Crippen molar-refractivity contribution in [1.29, 1.82) is 0 Å². The van der Waals surface area contributed by atoms with Gasteiger partial charge in [0.25, 0.3) is 0 Å². The number of rotatable bonds is 3. The van der Waals surface area contributed by atoms with Crippen molar-refractivity contribution in [3.05, 3.63) is 71.5 Å². The van der Waals surface area contributed by atoms with E-state index in [9.17, 15) is 8.78 Å². The fraction of sp³-hybridized carbons (Fsp3) is 0.308. The predicted molar refractivity (Wildman–Crippen MR) is 138 cm³/mol. The molecule has 0 bridgehead atoms. The molecule has 1 unspecified atom stereocenters. The van der Waals surface area contributed by atoms with Crippen molar-refractivity contribution in [1.82, 2.24) is 30.0 Å². The van der Waals surface area contributed by atoms with E-state index in [0.29, 0.717) is 56.8 Å². The largest absolute Gasteiger partial charge is 0.384 e. The predicted octanol–water partition coefficient (Wildman–Crippen LogP) is 5.86. The molecule has 0 amide bonds. The summed E-state index contributed by atoms with van der Waals surface area (Å²) in [4.78, 5) is 13.3. The monoisotopic (exact) mass is 479 g/mol. The van der Waals surface area contributed by atoms with E-state index in [0.717, 1.165) is 0 Å². The Morgan fingerprint density at radius 2 is 1.83 bits per heavy atom.